The number of hydrogen-bond acceptors (Lipinski definition) is 4. The lowest BCUT2D eigenvalue weighted by molar-refractivity contribution is -0.113. The van der Waals surface area contributed by atoms with E-state index >= 15 is 0 Å². The zero-order valence-electron chi connectivity index (χ0n) is 12.5. The van der Waals surface area contributed by atoms with Crippen molar-refractivity contribution in [2.75, 3.05) is 6.54 Å². The van der Waals surface area contributed by atoms with Gasteiger partial charge >= 0.3 is 0 Å². The van der Waals surface area contributed by atoms with E-state index in [1.807, 2.05) is 6.07 Å². The molecule has 0 amide bonds. The summed E-state index contributed by atoms with van der Waals surface area (Å²) < 4.78 is 14.3. The molecule has 22 heavy (non-hydrogen) atoms. The summed E-state index contributed by atoms with van der Waals surface area (Å²) in [6, 6.07) is 6.79. The van der Waals surface area contributed by atoms with Crippen molar-refractivity contribution in [2.45, 2.75) is 43.4 Å². The number of nitrogens with one attached hydrogen (secondary N) is 1. The molecule has 1 aromatic rings. The Morgan fingerprint density at radius 2 is 2.18 bits per heavy atom. The fraction of sp³-hybridized carbons (Fsp3) is 0.529. The van der Waals surface area contributed by atoms with Gasteiger partial charge in [-0.3, -0.25) is 4.79 Å². The average molecular weight is 321 g/mol. The van der Waals surface area contributed by atoms with Gasteiger partial charge in [-0.2, -0.15) is 0 Å². The van der Waals surface area contributed by atoms with Crippen molar-refractivity contribution in [2.24, 2.45) is 5.41 Å². The van der Waals surface area contributed by atoms with Gasteiger partial charge in [0.2, 0.25) is 0 Å². The van der Waals surface area contributed by atoms with Gasteiger partial charge in [-0.15, -0.1) is 0 Å². The first-order valence-electron chi connectivity index (χ1n) is 7.67. The molecule has 1 aliphatic heterocycles. The molecule has 0 spiro atoms. The summed E-state index contributed by atoms with van der Waals surface area (Å²) in [5.74, 6) is -0.395. The molecule has 3 atom stereocenters. The topological polar surface area (TPSA) is 46.2 Å². The minimum atomic E-state index is -0.435. The maximum atomic E-state index is 14.3. The van der Waals surface area contributed by atoms with Crippen LogP contribution in [0.1, 0.15) is 37.7 Å². The highest BCUT2D eigenvalue weighted by atomic mass is 32.2. The van der Waals surface area contributed by atoms with E-state index < -0.39 is 5.41 Å². The lowest BCUT2D eigenvalue weighted by Crippen LogP contribution is -2.35. The molecule has 3 unspecified atom stereocenters. The highest BCUT2D eigenvalue weighted by Crippen LogP contribution is 2.57. The molecule has 1 saturated carbocycles. The molecule has 5 heteroatoms. The average Bonchev–Trinajstić information content (AvgIpc) is 3.15. The van der Waals surface area contributed by atoms with Crippen LogP contribution in [0.15, 0.2) is 24.3 Å². The van der Waals surface area contributed by atoms with Gasteiger partial charge in [0, 0.05) is 36.1 Å². The molecule has 2 aliphatic rings. The number of rotatable bonds is 5. The predicted molar refractivity (Wildman–Crippen MR) is 85.3 cm³/mol. The van der Waals surface area contributed by atoms with E-state index in [0.29, 0.717) is 5.56 Å². The van der Waals surface area contributed by atoms with Gasteiger partial charge in [0.1, 0.15) is 12.1 Å². The standard InChI is InChI=1S/C17H20FNO2S/c1-11(21)22-12-8-15(19-9-12)16(17(10-20)6-7-17)13-4-2-3-5-14(13)18/h2-5,10,12,15-16,19H,6-9H2,1H3. The van der Waals surface area contributed by atoms with Crippen molar-refractivity contribution in [1.82, 2.24) is 5.32 Å². The van der Waals surface area contributed by atoms with E-state index in [0.717, 1.165) is 32.1 Å². The van der Waals surface area contributed by atoms with Gasteiger partial charge in [-0.25, -0.2) is 4.39 Å². The van der Waals surface area contributed by atoms with Crippen LogP contribution < -0.4 is 5.32 Å². The summed E-state index contributed by atoms with van der Waals surface area (Å²) in [5, 5.41) is 3.73. The SMILES string of the molecule is CC(=O)SC1CNC(C(c2ccccc2F)C2(C=O)CC2)C1. The second-order valence-electron chi connectivity index (χ2n) is 6.33. The fourth-order valence-corrected chi connectivity index (χ4v) is 4.56. The van der Waals surface area contributed by atoms with Crippen molar-refractivity contribution >= 4 is 23.2 Å². The molecule has 2 fully saturated rings. The summed E-state index contributed by atoms with van der Waals surface area (Å²) in [7, 11) is 0. The number of carbonyl (C=O) groups is 2. The molecule has 1 aromatic carbocycles. The summed E-state index contributed by atoms with van der Waals surface area (Å²) in [6.07, 6.45) is 3.44. The summed E-state index contributed by atoms with van der Waals surface area (Å²) in [4.78, 5) is 22.9. The van der Waals surface area contributed by atoms with Gasteiger partial charge in [-0.05, 0) is 30.9 Å². The van der Waals surface area contributed by atoms with Gasteiger partial charge in [-0.1, -0.05) is 30.0 Å². The van der Waals surface area contributed by atoms with Crippen LogP contribution >= 0.6 is 11.8 Å². The van der Waals surface area contributed by atoms with E-state index in [2.05, 4.69) is 5.32 Å². The molecule has 118 valence electrons. The van der Waals surface area contributed by atoms with E-state index in [1.165, 1.54) is 17.8 Å². The molecule has 0 bridgehead atoms. The number of hydrogen-bond donors (Lipinski definition) is 1. The third-order valence-corrected chi connectivity index (χ3v) is 5.81. The van der Waals surface area contributed by atoms with Crippen molar-refractivity contribution in [3.63, 3.8) is 0 Å². The van der Waals surface area contributed by atoms with Crippen LogP contribution in [0, 0.1) is 11.2 Å². The highest BCUT2D eigenvalue weighted by Gasteiger charge is 2.54. The van der Waals surface area contributed by atoms with Gasteiger partial charge in [0.15, 0.2) is 5.12 Å². The Kier molecular flexibility index (Phi) is 4.37. The molecular weight excluding hydrogens is 301 g/mol. The molecule has 0 aromatic heterocycles. The Labute approximate surface area is 134 Å². The number of aldehydes is 1. The molecular formula is C17H20FNO2S. The Morgan fingerprint density at radius 3 is 2.77 bits per heavy atom. The molecule has 0 radical (unpaired) electrons. The second-order valence-corrected chi connectivity index (χ2v) is 7.81. The first-order chi connectivity index (χ1) is 10.6. The molecule has 1 N–H and O–H groups in total. The lowest BCUT2D eigenvalue weighted by Gasteiger charge is -2.29. The van der Waals surface area contributed by atoms with Crippen molar-refractivity contribution in [3.8, 4) is 0 Å². The van der Waals surface area contributed by atoms with Crippen molar-refractivity contribution < 1.29 is 14.0 Å². The Hall–Kier alpha value is -1.20. The maximum absolute atomic E-state index is 14.3. The van der Waals surface area contributed by atoms with E-state index in [4.69, 9.17) is 0 Å². The number of halogens is 1. The van der Waals surface area contributed by atoms with Crippen molar-refractivity contribution in [3.05, 3.63) is 35.6 Å². The van der Waals surface area contributed by atoms with E-state index in [-0.39, 0.29) is 28.1 Å². The minimum absolute atomic E-state index is 0.0430. The zero-order valence-corrected chi connectivity index (χ0v) is 13.4. The second kappa shape index (κ2) is 6.13. The lowest BCUT2D eigenvalue weighted by atomic mass is 9.78. The smallest absolute Gasteiger partial charge is 0.186 e. The fourth-order valence-electron chi connectivity index (χ4n) is 3.61. The van der Waals surface area contributed by atoms with Crippen LogP contribution in [0.5, 0.6) is 0 Å². The maximum Gasteiger partial charge on any atom is 0.186 e. The number of carbonyl (C=O) groups excluding carboxylic acids is 2. The van der Waals surface area contributed by atoms with Crippen LogP contribution in [-0.2, 0) is 9.59 Å². The number of thioether (sulfide) groups is 1. The third-order valence-electron chi connectivity index (χ3n) is 4.78. The van der Waals surface area contributed by atoms with Crippen LogP contribution in [0.25, 0.3) is 0 Å². The highest BCUT2D eigenvalue weighted by molar-refractivity contribution is 8.14. The normalized spacial score (nSPS) is 27.4. The van der Waals surface area contributed by atoms with Crippen LogP contribution in [0.4, 0.5) is 4.39 Å². The Balaban J connectivity index is 1.86. The van der Waals surface area contributed by atoms with Gasteiger partial charge in [0.05, 0.1) is 0 Å². The van der Waals surface area contributed by atoms with E-state index in [9.17, 15) is 14.0 Å². The number of benzene rings is 1. The monoisotopic (exact) mass is 321 g/mol. The van der Waals surface area contributed by atoms with Crippen LogP contribution in [-0.4, -0.2) is 29.2 Å². The van der Waals surface area contributed by atoms with Crippen LogP contribution in [0.2, 0.25) is 0 Å². The molecule has 1 saturated heterocycles. The van der Waals surface area contributed by atoms with Gasteiger partial charge in [0.25, 0.3) is 0 Å². The first-order valence-corrected chi connectivity index (χ1v) is 8.55. The summed E-state index contributed by atoms with van der Waals surface area (Å²) >= 11 is 1.34. The molecule has 3 rings (SSSR count). The molecule has 1 heterocycles. The van der Waals surface area contributed by atoms with E-state index in [1.54, 1.807) is 19.1 Å². The zero-order chi connectivity index (χ0) is 15.7. The van der Waals surface area contributed by atoms with Crippen molar-refractivity contribution in [1.29, 1.82) is 0 Å². The Bertz CT molecular complexity index is 588. The van der Waals surface area contributed by atoms with Crippen LogP contribution in [0.3, 0.4) is 0 Å². The predicted octanol–water partition coefficient (Wildman–Crippen LogP) is 2.90. The first kappa shape index (κ1) is 15.7. The van der Waals surface area contributed by atoms with Gasteiger partial charge < -0.3 is 10.1 Å². The quantitative estimate of drug-likeness (QED) is 0.847. The minimum Gasteiger partial charge on any atom is -0.312 e. The molecule has 1 aliphatic carbocycles. The summed E-state index contributed by atoms with van der Waals surface area (Å²) in [5.41, 5.74) is 0.188. The third kappa shape index (κ3) is 2.97. The largest absolute Gasteiger partial charge is 0.312 e. The molecule has 3 nitrogen and oxygen atoms in total. The Morgan fingerprint density at radius 1 is 1.45 bits per heavy atom. The summed E-state index contributed by atoms with van der Waals surface area (Å²) in [6.45, 7) is 2.30.